The van der Waals surface area contributed by atoms with Crippen molar-refractivity contribution >= 4 is 42.6 Å². The van der Waals surface area contributed by atoms with E-state index in [-0.39, 0.29) is 0 Å². The van der Waals surface area contributed by atoms with Crippen molar-refractivity contribution in [3.05, 3.63) is 210 Å². The molecule has 0 nitrogen and oxygen atoms in total. The molecule has 8 aromatic carbocycles. The molecule has 0 atom stereocenters. The number of hydrogen-bond donors (Lipinski definition) is 0. The lowest BCUT2D eigenvalue weighted by Gasteiger charge is -2.38. The molecule has 0 aliphatic heterocycles. The van der Waals surface area contributed by atoms with E-state index in [2.05, 4.69) is 191 Å². The van der Waals surface area contributed by atoms with Gasteiger partial charge in [-0.1, -0.05) is 153 Å². The number of rotatable bonds is 0. The summed E-state index contributed by atoms with van der Waals surface area (Å²) in [6.45, 7) is 4.55. The first kappa shape index (κ1) is 29.5. The van der Waals surface area contributed by atoms with Crippen LogP contribution in [0.15, 0.2) is 155 Å². The van der Waals surface area contributed by atoms with Crippen molar-refractivity contribution in [1.29, 1.82) is 0 Å². The highest BCUT2D eigenvalue weighted by Crippen LogP contribution is 2.72. The smallest absolute Gasteiger partial charge is 0.0619 e. The van der Waals surface area contributed by atoms with E-state index in [4.69, 9.17) is 0 Å². The number of fused-ring (bicyclic) bond motifs is 24. The van der Waals surface area contributed by atoms with Crippen LogP contribution in [0.3, 0.4) is 0 Å². The Labute approximate surface area is 320 Å². The van der Waals surface area contributed by atoms with Crippen LogP contribution in [0.4, 0.5) is 0 Å². The summed E-state index contributed by atoms with van der Waals surface area (Å²) in [4.78, 5) is 0. The highest BCUT2D eigenvalue weighted by molar-refractivity contribution is 9.10. The van der Waals surface area contributed by atoms with Gasteiger partial charge in [-0.3, -0.25) is 0 Å². The Balaban J connectivity index is 1.43. The second-order valence-corrected chi connectivity index (χ2v) is 16.9. The van der Waals surface area contributed by atoms with E-state index in [1.165, 1.54) is 111 Å². The molecule has 0 fully saturated rings. The Morgan fingerprint density at radius 1 is 0.346 bits per heavy atom. The Morgan fingerprint density at radius 3 is 1.02 bits per heavy atom. The topological polar surface area (TPSA) is 0 Å². The molecule has 0 unspecified atom stereocenters. The van der Waals surface area contributed by atoms with Gasteiger partial charge in [-0.05, 0) is 149 Å². The maximum absolute atomic E-state index is 3.98. The van der Waals surface area contributed by atoms with Crippen LogP contribution in [0.1, 0.15) is 55.6 Å². The fraction of sp³-hybridized carbons (Fsp3) is 0.0800. The molecule has 0 amide bonds. The first-order valence-corrected chi connectivity index (χ1v) is 19.7. The number of hydrogen-bond acceptors (Lipinski definition) is 0. The molecule has 4 aliphatic rings. The van der Waals surface area contributed by atoms with Gasteiger partial charge in [0, 0.05) is 8.95 Å². The van der Waals surface area contributed by atoms with E-state index in [0.29, 0.717) is 0 Å². The van der Waals surface area contributed by atoms with Gasteiger partial charge in [0.05, 0.1) is 10.8 Å². The van der Waals surface area contributed by atoms with Gasteiger partial charge in [-0.15, -0.1) is 0 Å². The normalized spacial score (nSPS) is 15.2. The molecule has 0 radical (unpaired) electrons. The van der Waals surface area contributed by atoms with Crippen LogP contribution in [-0.4, -0.2) is 0 Å². The molecule has 12 rings (SSSR count). The molecule has 0 saturated carbocycles. The average molecular weight is 791 g/mol. The summed E-state index contributed by atoms with van der Waals surface area (Å²) in [5.41, 5.74) is 23.3. The van der Waals surface area contributed by atoms with Crippen molar-refractivity contribution < 1.29 is 0 Å². The Hall–Kier alpha value is -5.02. The fourth-order valence-electron chi connectivity index (χ4n) is 11.0. The molecule has 4 aliphatic carbocycles. The second-order valence-electron chi connectivity index (χ2n) is 15.0. The highest BCUT2D eigenvalue weighted by atomic mass is 79.9. The van der Waals surface area contributed by atoms with Gasteiger partial charge in [0.25, 0.3) is 0 Å². The lowest BCUT2D eigenvalue weighted by molar-refractivity contribution is 0.727. The molecule has 8 aromatic rings. The molecule has 0 heterocycles. The van der Waals surface area contributed by atoms with Gasteiger partial charge < -0.3 is 0 Å². The van der Waals surface area contributed by atoms with Crippen LogP contribution in [0.2, 0.25) is 0 Å². The molecule has 52 heavy (non-hydrogen) atoms. The SMILES string of the molecule is Cc1cc2c3c(c4c(c2cc1C)-c1ccc(Br)cc1C41c2ccccc2-c2ccccc21)C1(c2ccccc2-c2ccccc21)c1cc(Br)ccc1-3. The van der Waals surface area contributed by atoms with Crippen LogP contribution in [-0.2, 0) is 10.8 Å². The summed E-state index contributed by atoms with van der Waals surface area (Å²) in [6, 6.07) is 55.9. The van der Waals surface area contributed by atoms with Gasteiger partial charge in [0.1, 0.15) is 0 Å². The van der Waals surface area contributed by atoms with Crippen molar-refractivity contribution in [2.24, 2.45) is 0 Å². The van der Waals surface area contributed by atoms with E-state index < -0.39 is 10.8 Å². The maximum Gasteiger partial charge on any atom is 0.0729 e. The van der Waals surface area contributed by atoms with Crippen LogP contribution >= 0.6 is 31.9 Å². The van der Waals surface area contributed by atoms with Crippen LogP contribution < -0.4 is 0 Å². The summed E-state index contributed by atoms with van der Waals surface area (Å²) < 4.78 is 2.21. The van der Waals surface area contributed by atoms with Crippen molar-refractivity contribution in [3.8, 4) is 44.5 Å². The Kier molecular flexibility index (Phi) is 5.62. The van der Waals surface area contributed by atoms with E-state index in [9.17, 15) is 0 Å². The zero-order valence-electron chi connectivity index (χ0n) is 28.6. The largest absolute Gasteiger partial charge is 0.0729 e. The fourth-order valence-corrected chi connectivity index (χ4v) is 11.7. The van der Waals surface area contributed by atoms with Gasteiger partial charge >= 0.3 is 0 Å². The van der Waals surface area contributed by atoms with Crippen molar-refractivity contribution in [3.63, 3.8) is 0 Å². The Morgan fingerprint density at radius 2 is 0.673 bits per heavy atom. The van der Waals surface area contributed by atoms with E-state index in [1.54, 1.807) is 0 Å². The van der Waals surface area contributed by atoms with Crippen molar-refractivity contribution in [1.82, 2.24) is 0 Å². The molecular weight excluding hydrogens is 760 g/mol. The summed E-state index contributed by atoms with van der Waals surface area (Å²) >= 11 is 7.96. The van der Waals surface area contributed by atoms with Crippen LogP contribution in [0.5, 0.6) is 0 Å². The summed E-state index contributed by atoms with van der Waals surface area (Å²) in [6.07, 6.45) is 0. The molecule has 0 saturated heterocycles. The summed E-state index contributed by atoms with van der Waals surface area (Å²) in [7, 11) is 0. The molecule has 2 spiro atoms. The van der Waals surface area contributed by atoms with Crippen molar-refractivity contribution in [2.45, 2.75) is 24.7 Å². The predicted octanol–water partition coefficient (Wildman–Crippen LogP) is 13.7. The minimum atomic E-state index is -0.530. The van der Waals surface area contributed by atoms with E-state index in [0.717, 1.165) is 8.95 Å². The summed E-state index contributed by atoms with van der Waals surface area (Å²) in [5.74, 6) is 0. The molecule has 0 aromatic heterocycles. The first-order valence-electron chi connectivity index (χ1n) is 18.1. The predicted molar refractivity (Wildman–Crippen MR) is 221 cm³/mol. The minimum Gasteiger partial charge on any atom is -0.0619 e. The molecule has 0 bridgehead atoms. The third-order valence-electron chi connectivity index (χ3n) is 12.9. The van der Waals surface area contributed by atoms with Crippen LogP contribution in [0.25, 0.3) is 55.3 Å². The van der Waals surface area contributed by atoms with Crippen LogP contribution in [0, 0.1) is 13.8 Å². The standard InChI is InChI=1S/C50H30Br2/c1-27-23-37-38(24-28(27)2)46-36-22-20-30(52)26-44(36)50(41-17-9-5-13-33(41)34-14-6-10-18-42(34)50)48(46)47-45(37)35-21-19-29(51)25-43(35)49(47)39-15-7-3-11-31(39)32-12-4-8-16-40(32)49/h3-26H,1-2H3. The third-order valence-corrected chi connectivity index (χ3v) is 13.9. The van der Waals surface area contributed by atoms with Crippen molar-refractivity contribution in [2.75, 3.05) is 0 Å². The minimum absolute atomic E-state index is 0.530. The van der Waals surface area contributed by atoms with E-state index in [1.807, 2.05) is 0 Å². The first-order chi connectivity index (χ1) is 25.5. The Bertz CT molecular complexity index is 2670. The lowest BCUT2D eigenvalue weighted by atomic mass is 9.62. The maximum atomic E-state index is 3.98. The van der Waals surface area contributed by atoms with Gasteiger partial charge in [0.15, 0.2) is 0 Å². The average Bonchev–Trinajstić information content (AvgIpc) is 3.84. The van der Waals surface area contributed by atoms with E-state index >= 15 is 0 Å². The molecule has 0 N–H and O–H groups in total. The van der Waals surface area contributed by atoms with Gasteiger partial charge in [-0.25, -0.2) is 0 Å². The molecule has 244 valence electrons. The zero-order chi connectivity index (χ0) is 34.7. The monoisotopic (exact) mass is 788 g/mol. The summed E-state index contributed by atoms with van der Waals surface area (Å²) in [5, 5.41) is 2.68. The molecular formula is C50H30Br2. The number of aryl methyl sites for hydroxylation is 2. The number of halogens is 2. The quantitative estimate of drug-likeness (QED) is 0.144. The highest BCUT2D eigenvalue weighted by Gasteiger charge is 2.60. The second kappa shape index (κ2) is 9.89. The molecule has 2 heteroatoms. The third kappa shape index (κ3) is 3.20. The lowest BCUT2D eigenvalue weighted by Crippen LogP contribution is -2.33. The van der Waals surface area contributed by atoms with Gasteiger partial charge in [0.2, 0.25) is 0 Å². The zero-order valence-corrected chi connectivity index (χ0v) is 31.8. The van der Waals surface area contributed by atoms with Gasteiger partial charge in [-0.2, -0.15) is 0 Å². The number of benzene rings is 8.